The molecule has 0 saturated heterocycles. The van der Waals surface area contributed by atoms with E-state index in [1.165, 1.54) is 6.07 Å². The standard InChI is InChI=1S/C12H8F4N2/c13-6-1-3-9(8(17)5-6)18-10-4-2-7(14)11(15)12(10)16/h1-5,18H,17H2. The van der Waals surface area contributed by atoms with E-state index < -0.39 is 23.3 Å². The monoisotopic (exact) mass is 256 g/mol. The van der Waals surface area contributed by atoms with Crippen LogP contribution in [0.25, 0.3) is 0 Å². The summed E-state index contributed by atoms with van der Waals surface area (Å²) in [5, 5.41) is 2.46. The van der Waals surface area contributed by atoms with Crippen LogP contribution in [0, 0.1) is 23.3 Å². The molecule has 2 rings (SSSR count). The molecule has 94 valence electrons. The second-order valence-electron chi connectivity index (χ2n) is 3.58. The van der Waals surface area contributed by atoms with Crippen LogP contribution in [0.2, 0.25) is 0 Å². The van der Waals surface area contributed by atoms with Crippen LogP contribution >= 0.6 is 0 Å². The molecule has 0 aliphatic rings. The quantitative estimate of drug-likeness (QED) is 0.489. The van der Waals surface area contributed by atoms with Crippen molar-refractivity contribution in [2.24, 2.45) is 0 Å². The van der Waals surface area contributed by atoms with Gasteiger partial charge in [-0.2, -0.15) is 0 Å². The van der Waals surface area contributed by atoms with Gasteiger partial charge in [-0.1, -0.05) is 0 Å². The molecule has 2 aromatic carbocycles. The minimum Gasteiger partial charge on any atom is -0.397 e. The Morgan fingerprint density at radius 1 is 0.833 bits per heavy atom. The van der Waals surface area contributed by atoms with Gasteiger partial charge in [-0.3, -0.25) is 0 Å². The van der Waals surface area contributed by atoms with E-state index in [1.54, 1.807) is 0 Å². The predicted octanol–water partition coefficient (Wildman–Crippen LogP) is 3.57. The van der Waals surface area contributed by atoms with Crippen LogP contribution in [0.3, 0.4) is 0 Å². The zero-order valence-electron chi connectivity index (χ0n) is 8.98. The molecule has 18 heavy (non-hydrogen) atoms. The molecule has 0 saturated carbocycles. The van der Waals surface area contributed by atoms with E-state index in [0.29, 0.717) is 0 Å². The second kappa shape index (κ2) is 4.56. The van der Waals surface area contributed by atoms with Gasteiger partial charge in [0, 0.05) is 0 Å². The molecule has 0 aliphatic heterocycles. The van der Waals surface area contributed by atoms with Crippen molar-refractivity contribution in [1.82, 2.24) is 0 Å². The number of hydrogen-bond donors (Lipinski definition) is 2. The van der Waals surface area contributed by atoms with Crippen LogP contribution in [-0.2, 0) is 0 Å². The Bertz CT molecular complexity index is 599. The lowest BCUT2D eigenvalue weighted by Crippen LogP contribution is -2.01. The van der Waals surface area contributed by atoms with Gasteiger partial charge in [0.15, 0.2) is 17.5 Å². The van der Waals surface area contributed by atoms with Crippen LogP contribution in [0.4, 0.5) is 34.6 Å². The third-order valence-corrected chi connectivity index (χ3v) is 2.32. The van der Waals surface area contributed by atoms with Crippen molar-refractivity contribution in [3.05, 3.63) is 53.6 Å². The van der Waals surface area contributed by atoms with Crippen molar-refractivity contribution < 1.29 is 17.6 Å². The fourth-order valence-electron chi connectivity index (χ4n) is 1.41. The molecule has 0 unspecified atom stereocenters. The molecular formula is C12H8F4N2. The number of anilines is 3. The Morgan fingerprint density at radius 3 is 2.17 bits per heavy atom. The van der Waals surface area contributed by atoms with Gasteiger partial charge in [-0.25, -0.2) is 17.6 Å². The maximum Gasteiger partial charge on any atom is 0.196 e. The summed E-state index contributed by atoms with van der Waals surface area (Å²) < 4.78 is 51.8. The highest BCUT2D eigenvalue weighted by Crippen LogP contribution is 2.27. The van der Waals surface area contributed by atoms with E-state index >= 15 is 0 Å². The minimum atomic E-state index is -1.58. The third-order valence-electron chi connectivity index (χ3n) is 2.32. The van der Waals surface area contributed by atoms with Crippen molar-refractivity contribution in [2.75, 3.05) is 11.1 Å². The highest BCUT2D eigenvalue weighted by Gasteiger charge is 2.14. The first-order valence-corrected chi connectivity index (χ1v) is 4.94. The molecule has 0 spiro atoms. The minimum absolute atomic E-state index is 0.0270. The fraction of sp³-hybridized carbons (Fsp3) is 0. The topological polar surface area (TPSA) is 38.0 Å². The number of nitrogens with two attached hydrogens (primary N) is 1. The molecule has 2 nitrogen and oxygen atoms in total. The Kier molecular flexibility index (Phi) is 3.10. The van der Waals surface area contributed by atoms with Crippen LogP contribution in [-0.4, -0.2) is 0 Å². The SMILES string of the molecule is Nc1cc(F)ccc1Nc1ccc(F)c(F)c1F. The third kappa shape index (κ3) is 2.22. The second-order valence-corrected chi connectivity index (χ2v) is 3.58. The maximum atomic E-state index is 13.4. The first-order valence-electron chi connectivity index (χ1n) is 4.94. The zero-order chi connectivity index (χ0) is 13.3. The normalized spacial score (nSPS) is 10.4. The summed E-state index contributed by atoms with van der Waals surface area (Å²) in [6.45, 7) is 0. The van der Waals surface area contributed by atoms with E-state index in [-0.39, 0.29) is 17.1 Å². The van der Waals surface area contributed by atoms with Crippen molar-refractivity contribution in [3.8, 4) is 0 Å². The van der Waals surface area contributed by atoms with Crippen molar-refractivity contribution in [1.29, 1.82) is 0 Å². The number of nitrogen functional groups attached to an aromatic ring is 1. The van der Waals surface area contributed by atoms with Crippen molar-refractivity contribution in [2.45, 2.75) is 0 Å². The Morgan fingerprint density at radius 2 is 1.50 bits per heavy atom. The average molecular weight is 256 g/mol. The van der Waals surface area contributed by atoms with Crippen LogP contribution in [0.1, 0.15) is 0 Å². The molecule has 0 fully saturated rings. The van der Waals surface area contributed by atoms with Crippen molar-refractivity contribution >= 4 is 17.1 Å². The van der Waals surface area contributed by atoms with E-state index in [2.05, 4.69) is 5.32 Å². The number of rotatable bonds is 2. The lowest BCUT2D eigenvalue weighted by Gasteiger charge is -2.10. The fourth-order valence-corrected chi connectivity index (χ4v) is 1.41. The summed E-state index contributed by atoms with van der Waals surface area (Å²) in [6.07, 6.45) is 0. The smallest absolute Gasteiger partial charge is 0.196 e. The van der Waals surface area contributed by atoms with Crippen LogP contribution in [0.15, 0.2) is 30.3 Å². The highest BCUT2D eigenvalue weighted by atomic mass is 19.2. The Balaban J connectivity index is 2.37. The zero-order valence-corrected chi connectivity index (χ0v) is 8.98. The highest BCUT2D eigenvalue weighted by molar-refractivity contribution is 5.72. The van der Waals surface area contributed by atoms with Gasteiger partial charge in [-0.15, -0.1) is 0 Å². The molecule has 6 heteroatoms. The lowest BCUT2D eigenvalue weighted by molar-refractivity contribution is 0.449. The summed E-state index contributed by atoms with van der Waals surface area (Å²) in [5.41, 5.74) is 5.43. The molecule has 2 aromatic rings. The summed E-state index contributed by atoms with van der Waals surface area (Å²) in [5.74, 6) is -4.78. The van der Waals surface area contributed by atoms with Gasteiger partial charge in [-0.05, 0) is 30.3 Å². The molecule has 0 aliphatic carbocycles. The number of nitrogens with one attached hydrogen (secondary N) is 1. The first-order chi connectivity index (χ1) is 8.49. The number of hydrogen-bond acceptors (Lipinski definition) is 2. The van der Waals surface area contributed by atoms with E-state index in [4.69, 9.17) is 5.73 Å². The van der Waals surface area contributed by atoms with Gasteiger partial charge in [0.1, 0.15) is 5.82 Å². The first kappa shape index (κ1) is 12.2. The summed E-state index contributed by atoms with van der Waals surface area (Å²) in [4.78, 5) is 0. The van der Waals surface area contributed by atoms with Crippen molar-refractivity contribution in [3.63, 3.8) is 0 Å². The summed E-state index contributed by atoms with van der Waals surface area (Å²) >= 11 is 0. The predicted molar refractivity (Wildman–Crippen MR) is 60.4 cm³/mol. The summed E-state index contributed by atoms with van der Waals surface area (Å²) in [6, 6.07) is 5.21. The van der Waals surface area contributed by atoms with Gasteiger partial charge in [0.25, 0.3) is 0 Å². The largest absolute Gasteiger partial charge is 0.397 e. The molecule has 3 N–H and O–H groups in total. The number of halogens is 4. The molecular weight excluding hydrogens is 248 g/mol. The van der Waals surface area contributed by atoms with E-state index in [9.17, 15) is 17.6 Å². The molecule has 0 radical (unpaired) electrons. The van der Waals surface area contributed by atoms with E-state index in [0.717, 1.165) is 24.3 Å². The molecule has 0 amide bonds. The van der Waals surface area contributed by atoms with Gasteiger partial charge >= 0.3 is 0 Å². The summed E-state index contributed by atoms with van der Waals surface area (Å²) in [7, 11) is 0. The van der Waals surface area contributed by atoms with E-state index in [1.807, 2.05) is 0 Å². The van der Waals surface area contributed by atoms with Crippen LogP contribution < -0.4 is 11.1 Å². The molecule has 0 heterocycles. The van der Waals surface area contributed by atoms with Crippen LogP contribution in [0.5, 0.6) is 0 Å². The van der Waals surface area contributed by atoms with Gasteiger partial charge in [0.2, 0.25) is 0 Å². The average Bonchev–Trinajstić information content (AvgIpc) is 2.33. The Labute approximate surface area is 100 Å². The molecule has 0 aromatic heterocycles. The van der Waals surface area contributed by atoms with Gasteiger partial charge in [0.05, 0.1) is 17.1 Å². The lowest BCUT2D eigenvalue weighted by atomic mass is 10.2. The Hall–Kier alpha value is -2.24. The van der Waals surface area contributed by atoms with Gasteiger partial charge < -0.3 is 11.1 Å². The number of benzene rings is 2. The molecule has 0 atom stereocenters. The maximum absolute atomic E-state index is 13.4. The molecule has 0 bridgehead atoms.